The number of rotatable bonds is 5. The van der Waals surface area contributed by atoms with Crippen molar-refractivity contribution in [3.63, 3.8) is 0 Å². The number of hydrogen-bond donors (Lipinski definition) is 1. The SMILES string of the molecule is Cc1cc(C)c(NC(=O)CCS(=O)(=O)N(C)C)c(C)c1. The summed E-state index contributed by atoms with van der Waals surface area (Å²) in [5, 5.41) is 2.80. The first-order chi connectivity index (χ1) is 9.13. The maximum Gasteiger partial charge on any atom is 0.225 e. The molecule has 0 fully saturated rings. The first-order valence-corrected chi connectivity index (χ1v) is 8.02. The van der Waals surface area contributed by atoms with E-state index in [2.05, 4.69) is 5.32 Å². The Hall–Kier alpha value is -1.40. The van der Waals surface area contributed by atoms with Crippen molar-refractivity contribution in [1.29, 1.82) is 0 Å². The van der Waals surface area contributed by atoms with E-state index in [9.17, 15) is 13.2 Å². The quantitative estimate of drug-likeness (QED) is 0.902. The molecule has 0 saturated carbocycles. The molecule has 112 valence electrons. The molecule has 1 rings (SSSR count). The van der Waals surface area contributed by atoms with E-state index in [4.69, 9.17) is 0 Å². The lowest BCUT2D eigenvalue weighted by Gasteiger charge is -2.14. The van der Waals surface area contributed by atoms with E-state index in [1.165, 1.54) is 14.1 Å². The van der Waals surface area contributed by atoms with Crippen LogP contribution in [0.1, 0.15) is 23.1 Å². The molecule has 1 aromatic rings. The molecule has 5 nitrogen and oxygen atoms in total. The van der Waals surface area contributed by atoms with Crippen molar-refractivity contribution in [2.75, 3.05) is 25.2 Å². The molecule has 0 heterocycles. The molecular weight excluding hydrogens is 276 g/mol. The zero-order valence-corrected chi connectivity index (χ0v) is 13.5. The van der Waals surface area contributed by atoms with E-state index in [1.54, 1.807) is 0 Å². The van der Waals surface area contributed by atoms with Crippen LogP contribution in [0.25, 0.3) is 0 Å². The molecule has 6 heteroatoms. The third kappa shape index (κ3) is 4.31. The van der Waals surface area contributed by atoms with Gasteiger partial charge >= 0.3 is 0 Å². The predicted molar refractivity (Wildman–Crippen MR) is 81.4 cm³/mol. The van der Waals surface area contributed by atoms with Crippen molar-refractivity contribution in [2.24, 2.45) is 0 Å². The molecule has 1 amide bonds. The number of nitrogens with zero attached hydrogens (tertiary/aromatic N) is 1. The van der Waals surface area contributed by atoms with Gasteiger partial charge in [0.25, 0.3) is 0 Å². The minimum Gasteiger partial charge on any atom is -0.326 e. The zero-order valence-electron chi connectivity index (χ0n) is 12.6. The fourth-order valence-electron chi connectivity index (χ4n) is 1.98. The third-order valence-corrected chi connectivity index (χ3v) is 4.92. The van der Waals surface area contributed by atoms with Crippen LogP contribution in [0.4, 0.5) is 5.69 Å². The van der Waals surface area contributed by atoms with E-state index in [0.717, 1.165) is 26.7 Å². The van der Waals surface area contributed by atoms with E-state index < -0.39 is 10.0 Å². The van der Waals surface area contributed by atoms with Gasteiger partial charge in [0.2, 0.25) is 15.9 Å². The summed E-state index contributed by atoms with van der Waals surface area (Å²) in [7, 11) is -0.420. The number of anilines is 1. The Morgan fingerprint density at radius 2 is 1.65 bits per heavy atom. The second kappa shape index (κ2) is 6.37. The smallest absolute Gasteiger partial charge is 0.225 e. The maximum atomic E-state index is 11.9. The molecule has 0 atom stereocenters. The Bertz CT molecular complexity index is 584. The molecule has 0 aliphatic heterocycles. The summed E-state index contributed by atoms with van der Waals surface area (Å²) in [6.07, 6.45) is -0.0483. The van der Waals surface area contributed by atoms with E-state index in [0.29, 0.717) is 0 Å². The summed E-state index contributed by atoms with van der Waals surface area (Å²) >= 11 is 0. The molecule has 0 unspecified atom stereocenters. The molecule has 20 heavy (non-hydrogen) atoms. The number of benzene rings is 1. The fraction of sp³-hybridized carbons (Fsp3) is 0.500. The molecule has 0 spiro atoms. The molecule has 0 aromatic heterocycles. The average molecular weight is 298 g/mol. The summed E-state index contributed by atoms with van der Waals surface area (Å²) < 4.78 is 24.4. The summed E-state index contributed by atoms with van der Waals surface area (Å²) in [5.74, 6) is -0.471. The van der Waals surface area contributed by atoms with Crippen molar-refractivity contribution in [2.45, 2.75) is 27.2 Å². The molecule has 0 saturated heterocycles. The van der Waals surface area contributed by atoms with Crippen LogP contribution in [0.2, 0.25) is 0 Å². The molecule has 0 bridgehead atoms. The second-order valence-electron chi connectivity index (χ2n) is 5.17. The minimum absolute atomic E-state index is 0.0483. The monoisotopic (exact) mass is 298 g/mol. The average Bonchev–Trinajstić information content (AvgIpc) is 2.31. The highest BCUT2D eigenvalue weighted by atomic mass is 32.2. The van der Waals surface area contributed by atoms with Gasteiger partial charge in [-0.15, -0.1) is 0 Å². The van der Waals surface area contributed by atoms with Crippen LogP contribution in [-0.4, -0.2) is 38.5 Å². The second-order valence-corrected chi connectivity index (χ2v) is 7.47. The van der Waals surface area contributed by atoms with Crippen LogP contribution in [0.3, 0.4) is 0 Å². The van der Waals surface area contributed by atoms with Gasteiger partial charge in [0.1, 0.15) is 0 Å². The van der Waals surface area contributed by atoms with Gasteiger partial charge in [-0.25, -0.2) is 12.7 Å². The highest BCUT2D eigenvalue weighted by molar-refractivity contribution is 7.89. The summed E-state index contributed by atoms with van der Waals surface area (Å²) in [6.45, 7) is 5.84. The Balaban J connectivity index is 2.74. The lowest BCUT2D eigenvalue weighted by Crippen LogP contribution is -2.27. The van der Waals surface area contributed by atoms with Gasteiger partial charge in [-0.2, -0.15) is 0 Å². The molecule has 0 aliphatic carbocycles. The molecular formula is C14H22N2O3S. The van der Waals surface area contributed by atoms with E-state index in [-0.39, 0.29) is 18.1 Å². The van der Waals surface area contributed by atoms with Crippen molar-refractivity contribution in [3.05, 3.63) is 28.8 Å². The van der Waals surface area contributed by atoms with Gasteiger partial charge in [0.15, 0.2) is 0 Å². The van der Waals surface area contributed by atoms with Gasteiger partial charge in [-0.05, 0) is 31.9 Å². The predicted octanol–water partition coefficient (Wildman–Crippen LogP) is 1.83. The van der Waals surface area contributed by atoms with Crippen molar-refractivity contribution in [3.8, 4) is 0 Å². The van der Waals surface area contributed by atoms with Crippen LogP contribution in [0.15, 0.2) is 12.1 Å². The third-order valence-electron chi connectivity index (χ3n) is 3.08. The Kier molecular flexibility index (Phi) is 5.30. The Morgan fingerprint density at radius 1 is 1.15 bits per heavy atom. The van der Waals surface area contributed by atoms with Crippen LogP contribution in [0, 0.1) is 20.8 Å². The molecule has 0 radical (unpaired) electrons. The maximum absolute atomic E-state index is 11.9. The van der Waals surface area contributed by atoms with Gasteiger partial charge in [0, 0.05) is 26.2 Å². The van der Waals surface area contributed by atoms with E-state index >= 15 is 0 Å². The van der Waals surface area contributed by atoms with Gasteiger partial charge < -0.3 is 5.32 Å². The number of hydrogen-bond acceptors (Lipinski definition) is 3. The molecule has 1 N–H and O–H groups in total. The number of sulfonamides is 1. The first-order valence-electron chi connectivity index (χ1n) is 6.41. The lowest BCUT2D eigenvalue weighted by molar-refractivity contribution is -0.115. The standard InChI is InChI=1S/C14H22N2O3S/c1-10-8-11(2)14(12(3)9-10)15-13(17)6-7-20(18,19)16(4)5/h8-9H,6-7H2,1-5H3,(H,15,17). The minimum atomic E-state index is -3.34. The molecule has 1 aromatic carbocycles. The Labute approximate surface area is 121 Å². The largest absolute Gasteiger partial charge is 0.326 e. The number of nitrogens with one attached hydrogen (secondary N) is 1. The number of aryl methyl sites for hydroxylation is 3. The van der Waals surface area contributed by atoms with Crippen molar-refractivity contribution < 1.29 is 13.2 Å². The Morgan fingerprint density at radius 3 is 2.10 bits per heavy atom. The van der Waals surface area contributed by atoms with Gasteiger partial charge in [0.05, 0.1) is 5.75 Å². The van der Waals surface area contributed by atoms with Crippen LogP contribution in [-0.2, 0) is 14.8 Å². The van der Waals surface area contributed by atoms with Crippen LogP contribution in [0.5, 0.6) is 0 Å². The summed E-state index contributed by atoms with van der Waals surface area (Å²) in [4.78, 5) is 11.9. The number of carbonyl (C=O) groups excluding carboxylic acids is 1. The topological polar surface area (TPSA) is 66.5 Å². The highest BCUT2D eigenvalue weighted by Gasteiger charge is 2.16. The summed E-state index contributed by atoms with van der Waals surface area (Å²) in [6, 6.07) is 3.97. The van der Waals surface area contributed by atoms with Crippen LogP contribution < -0.4 is 5.32 Å². The van der Waals surface area contributed by atoms with Gasteiger partial charge in [-0.1, -0.05) is 17.7 Å². The first kappa shape index (κ1) is 16.7. The fourth-order valence-corrected chi connectivity index (χ4v) is 2.79. The number of amides is 1. The normalized spacial score (nSPS) is 11.7. The van der Waals surface area contributed by atoms with Crippen molar-refractivity contribution >= 4 is 21.6 Å². The van der Waals surface area contributed by atoms with Gasteiger partial charge in [-0.3, -0.25) is 4.79 Å². The zero-order chi connectivity index (χ0) is 15.5. The number of carbonyl (C=O) groups is 1. The highest BCUT2D eigenvalue weighted by Crippen LogP contribution is 2.22. The van der Waals surface area contributed by atoms with Crippen LogP contribution >= 0.6 is 0 Å². The lowest BCUT2D eigenvalue weighted by atomic mass is 10.1. The summed E-state index contributed by atoms with van der Waals surface area (Å²) in [5.41, 5.74) is 3.86. The van der Waals surface area contributed by atoms with Crippen molar-refractivity contribution in [1.82, 2.24) is 4.31 Å². The molecule has 0 aliphatic rings. The van der Waals surface area contributed by atoms with E-state index in [1.807, 2.05) is 32.9 Å².